The molecule has 6 nitrogen and oxygen atoms in total. The minimum absolute atomic E-state index is 0.0692. The summed E-state index contributed by atoms with van der Waals surface area (Å²) in [6, 6.07) is 8.34. The molecule has 23 heavy (non-hydrogen) atoms. The molecule has 0 aliphatic heterocycles. The molecule has 1 atom stereocenters. The average Bonchev–Trinajstić information content (AvgIpc) is 2.49. The molecule has 0 unspecified atom stereocenters. The van der Waals surface area contributed by atoms with Gasteiger partial charge in [0.05, 0.1) is 6.42 Å². The van der Waals surface area contributed by atoms with Crippen LogP contribution >= 0.6 is 0 Å². The number of benzene rings is 1. The van der Waals surface area contributed by atoms with E-state index in [4.69, 9.17) is 5.11 Å². The third-order valence-corrected chi connectivity index (χ3v) is 3.19. The number of hydrogen-bond acceptors (Lipinski definition) is 3. The largest absolute Gasteiger partial charge is 0.481 e. The standard InChI is InChI=1S/C17H24N2O4/c1-12(2)11-18-17(23)14(8-9-16(21)22)19-15(20)10-13-6-4-3-5-7-13/h3-7,12,14H,8-11H2,1-2H3,(H,18,23)(H,19,20)(H,21,22)/t14-/m0/s1. The summed E-state index contributed by atoms with van der Waals surface area (Å²) in [5.41, 5.74) is 0.838. The van der Waals surface area contributed by atoms with Crippen LogP contribution in [0.4, 0.5) is 0 Å². The molecule has 0 aliphatic rings. The van der Waals surface area contributed by atoms with Crippen molar-refractivity contribution in [3.05, 3.63) is 35.9 Å². The Hall–Kier alpha value is -2.37. The molecule has 0 heterocycles. The van der Waals surface area contributed by atoms with Gasteiger partial charge >= 0.3 is 5.97 Å². The van der Waals surface area contributed by atoms with Crippen molar-refractivity contribution in [3.8, 4) is 0 Å². The van der Waals surface area contributed by atoms with E-state index in [1.54, 1.807) is 0 Å². The van der Waals surface area contributed by atoms with E-state index in [0.717, 1.165) is 5.56 Å². The molecule has 0 radical (unpaired) electrons. The summed E-state index contributed by atoms with van der Waals surface area (Å²) in [7, 11) is 0. The van der Waals surface area contributed by atoms with Crippen LogP contribution in [0.15, 0.2) is 30.3 Å². The van der Waals surface area contributed by atoms with Gasteiger partial charge in [-0.2, -0.15) is 0 Å². The van der Waals surface area contributed by atoms with Crippen molar-refractivity contribution < 1.29 is 19.5 Å². The number of carboxylic acids is 1. The molecule has 1 aromatic rings. The topological polar surface area (TPSA) is 95.5 Å². The minimum Gasteiger partial charge on any atom is -0.481 e. The van der Waals surface area contributed by atoms with E-state index >= 15 is 0 Å². The Balaban J connectivity index is 2.61. The SMILES string of the molecule is CC(C)CNC(=O)[C@H](CCC(=O)O)NC(=O)Cc1ccccc1. The van der Waals surface area contributed by atoms with Gasteiger partial charge in [-0.25, -0.2) is 0 Å². The van der Waals surface area contributed by atoms with Crippen molar-refractivity contribution in [3.63, 3.8) is 0 Å². The molecule has 0 spiro atoms. The molecular formula is C17H24N2O4. The van der Waals surface area contributed by atoms with E-state index in [1.165, 1.54) is 0 Å². The fourth-order valence-corrected chi connectivity index (χ4v) is 1.99. The van der Waals surface area contributed by atoms with Crippen LogP contribution in [0.3, 0.4) is 0 Å². The highest BCUT2D eigenvalue weighted by molar-refractivity contribution is 5.88. The predicted molar refractivity (Wildman–Crippen MR) is 86.8 cm³/mol. The number of hydrogen-bond donors (Lipinski definition) is 3. The van der Waals surface area contributed by atoms with Crippen molar-refractivity contribution in [2.24, 2.45) is 5.92 Å². The smallest absolute Gasteiger partial charge is 0.303 e. The third-order valence-electron chi connectivity index (χ3n) is 3.19. The first-order chi connectivity index (χ1) is 10.9. The zero-order chi connectivity index (χ0) is 17.2. The Morgan fingerprint density at radius 1 is 1.13 bits per heavy atom. The highest BCUT2D eigenvalue weighted by Gasteiger charge is 2.21. The Morgan fingerprint density at radius 2 is 1.78 bits per heavy atom. The highest BCUT2D eigenvalue weighted by Crippen LogP contribution is 2.03. The monoisotopic (exact) mass is 320 g/mol. The summed E-state index contributed by atoms with van der Waals surface area (Å²) >= 11 is 0. The number of aliphatic carboxylic acids is 1. The number of amides is 2. The summed E-state index contributed by atoms with van der Waals surface area (Å²) in [5.74, 6) is -1.37. The molecule has 0 aromatic heterocycles. The van der Waals surface area contributed by atoms with Crippen molar-refractivity contribution in [1.82, 2.24) is 10.6 Å². The summed E-state index contributed by atoms with van der Waals surface area (Å²) in [6.07, 6.45) is 0.0487. The lowest BCUT2D eigenvalue weighted by molar-refractivity contribution is -0.138. The maximum absolute atomic E-state index is 12.1. The molecule has 1 aromatic carbocycles. The zero-order valence-electron chi connectivity index (χ0n) is 13.5. The van der Waals surface area contributed by atoms with Crippen LogP contribution in [0.5, 0.6) is 0 Å². The van der Waals surface area contributed by atoms with Crippen LogP contribution in [-0.2, 0) is 20.8 Å². The number of carboxylic acid groups (broad SMARTS) is 1. The number of rotatable bonds is 9. The Labute approximate surface area is 136 Å². The maximum atomic E-state index is 12.1. The Kier molecular flexibility index (Phi) is 7.80. The molecule has 0 bridgehead atoms. The predicted octanol–water partition coefficient (Wildman–Crippen LogP) is 1.35. The van der Waals surface area contributed by atoms with E-state index in [-0.39, 0.29) is 37.0 Å². The molecule has 126 valence electrons. The second-order valence-corrected chi connectivity index (χ2v) is 5.85. The average molecular weight is 320 g/mol. The van der Waals surface area contributed by atoms with Gasteiger partial charge in [0.25, 0.3) is 0 Å². The molecule has 2 amide bonds. The van der Waals surface area contributed by atoms with Crippen molar-refractivity contribution in [1.29, 1.82) is 0 Å². The fraction of sp³-hybridized carbons (Fsp3) is 0.471. The normalized spacial score (nSPS) is 11.8. The lowest BCUT2D eigenvalue weighted by Gasteiger charge is -2.18. The van der Waals surface area contributed by atoms with Gasteiger partial charge in [0.1, 0.15) is 6.04 Å². The van der Waals surface area contributed by atoms with E-state index < -0.39 is 12.0 Å². The summed E-state index contributed by atoms with van der Waals surface area (Å²) in [4.78, 5) is 34.9. The number of carbonyl (C=O) groups excluding carboxylic acids is 2. The molecular weight excluding hydrogens is 296 g/mol. The minimum atomic E-state index is -0.996. The van der Waals surface area contributed by atoms with Crippen LogP contribution in [-0.4, -0.2) is 35.5 Å². The van der Waals surface area contributed by atoms with Crippen LogP contribution in [0.1, 0.15) is 32.3 Å². The van der Waals surface area contributed by atoms with Crippen molar-refractivity contribution in [2.75, 3.05) is 6.54 Å². The van der Waals surface area contributed by atoms with E-state index in [0.29, 0.717) is 6.54 Å². The quantitative estimate of drug-likeness (QED) is 0.640. The molecule has 1 rings (SSSR count). The van der Waals surface area contributed by atoms with E-state index in [9.17, 15) is 14.4 Å². The van der Waals surface area contributed by atoms with Gasteiger partial charge < -0.3 is 15.7 Å². The van der Waals surface area contributed by atoms with Crippen LogP contribution in [0.25, 0.3) is 0 Å². The molecule has 3 N–H and O–H groups in total. The van der Waals surface area contributed by atoms with Crippen molar-refractivity contribution in [2.45, 2.75) is 39.2 Å². The van der Waals surface area contributed by atoms with E-state index in [1.807, 2.05) is 44.2 Å². The summed E-state index contributed by atoms with van der Waals surface area (Å²) in [6.45, 7) is 4.40. The first-order valence-electron chi connectivity index (χ1n) is 7.71. The molecule has 0 saturated heterocycles. The van der Waals surface area contributed by atoms with Gasteiger partial charge in [-0.3, -0.25) is 14.4 Å². The first-order valence-corrected chi connectivity index (χ1v) is 7.71. The molecule has 0 fully saturated rings. The number of nitrogens with one attached hydrogen (secondary N) is 2. The van der Waals surface area contributed by atoms with E-state index in [2.05, 4.69) is 10.6 Å². The molecule has 0 saturated carbocycles. The molecule has 6 heteroatoms. The van der Waals surface area contributed by atoms with Gasteiger partial charge in [-0.1, -0.05) is 44.2 Å². The van der Waals surface area contributed by atoms with Gasteiger partial charge in [0, 0.05) is 13.0 Å². The second kappa shape index (κ2) is 9.61. The van der Waals surface area contributed by atoms with Gasteiger partial charge in [-0.05, 0) is 17.9 Å². The number of carbonyl (C=O) groups is 3. The molecule has 0 aliphatic carbocycles. The summed E-state index contributed by atoms with van der Waals surface area (Å²) in [5, 5.41) is 14.1. The fourth-order valence-electron chi connectivity index (χ4n) is 1.99. The summed E-state index contributed by atoms with van der Waals surface area (Å²) < 4.78 is 0. The lowest BCUT2D eigenvalue weighted by Crippen LogP contribution is -2.48. The van der Waals surface area contributed by atoms with Crippen LogP contribution in [0, 0.1) is 5.92 Å². The van der Waals surface area contributed by atoms with Crippen LogP contribution < -0.4 is 10.6 Å². The van der Waals surface area contributed by atoms with Gasteiger partial charge in [-0.15, -0.1) is 0 Å². The maximum Gasteiger partial charge on any atom is 0.303 e. The zero-order valence-corrected chi connectivity index (χ0v) is 13.5. The Morgan fingerprint density at radius 3 is 2.35 bits per heavy atom. The van der Waals surface area contributed by atoms with Gasteiger partial charge in [0.15, 0.2) is 0 Å². The van der Waals surface area contributed by atoms with Crippen LogP contribution in [0.2, 0.25) is 0 Å². The third kappa shape index (κ3) is 7.99. The van der Waals surface area contributed by atoms with Crippen molar-refractivity contribution >= 4 is 17.8 Å². The Bertz CT molecular complexity index is 529. The van der Waals surface area contributed by atoms with Gasteiger partial charge in [0.2, 0.25) is 11.8 Å². The highest BCUT2D eigenvalue weighted by atomic mass is 16.4. The second-order valence-electron chi connectivity index (χ2n) is 5.85. The first kappa shape index (κ1) is 18.7. The lowest BCUT2D eigenvalue weighted by atomic mass is 10.1.